The Kier molecular flexibility index (Phi) is 5.16. The Morgan fingerprint density at radius 1 is 1.04 bits per heavy atom. The number of nitrogens with zero attached hydrogens (tertiary/aromatic N) is 2. The number of anilines is 1. The van der Waals surface area contributed by atoms with Gasteiger partial charge in [-0.05, 0) is 54.8 Å². The Morgan fingerprint density at radius 2 is 1.82 bits per heavy atom. The number of carbonyl (C=O) groups excluding carboxylic acids is 1. The first-order valence-electron chi connectivity index (χ1n) is 9.01. The molecule has 0 saturated carbocycles. The lowest BCUT2D eigenvalue weighted by Gasteiger charge is -2.20. The van der Waals surface area contributed by atoms with E-state index >= 15 is 0 Å². The van der Waals surface area contributed by atoms with Crippen molar-refractivity contribution in [1.82, 2.24) is 4.98 Å². The number of fused-ring (bicyclic) bond motifs is 1. The molecule has 140 valence electrons. The van der Waals surface area contributed by atoms with Crippen LogP contribution >= 0.6 is 22.9 Å². The first-order valence-corrected chi connectivity index (χ1v) is 10.2. The molecule has 0 saturated heterocycles. The molecular weight excluding hydrogens is 388 g/mol. The molecular formula is C23H19ClN2OS. The summed E-state index contributed by atoms with van der Waals surface area (Å²) in [5.74, 6) is -0.111. The van der Waals surface area contributed by atoms with Gasteiger partial charge in [0.1, 0.15) is 0 Å². The van der Waals surface area contributed by atoms with Crippen LogP contribution in [0.15, 0.2) is 66.7 Å². The largest absolute Gasteiger partial charge is 0.279 e. The fourth-order valence-electron chi connectivity index (χ4n) is 3.10. The van der Waals surface area contributed by atoms with Crippen LogP contribution in [0, 0.1) is 13.8 Å². The lowest BCUT2D eigenvalue weighted by atomic mass is 10.1. The summed E-state index contributed by atoms with van der Waals surface area (Å²) in [6.45, 7) is 4.60. The van der Waals surface area contributed by atoms with E-state index in [1.807, 2.05) is 30.3 Å². The predicted molar refractivity (Wildman–Crippen MR) is 118 cm³/mol. The van der Waals surface area contributed by atoms with Gasteiger partial charge in [0.15, 0.2) is 5.13 Å². The van der Waals surface area contributed by atoms with E-state index < -0.39 is 0 Å². The highest BCUT2D eigenvalue weighted by molar-refractivity contribution is 7.22. The Bertz CT molecular complexity index is 1150. The molecule has 1 amide bonds. The first-order chi connectivity index (χ1) is 13.5. The Morgan fingerprint density at radius 3 is 2.57 bits per heavy atom. The van der Waals surface area contributed by atoms with E-state index in [9.17, 15) is 4.79 Å². The van der Waals surface area contributed by atoms with Crippen LogP contribution in [0.2, 0.25) is 5.02 Å². The second-order valence-electron chi connectivity index (χ2n) is 6.74. The summed E-state index contributed by atoms with van der Waals surface area (Å²) >= 11 is 7.65. The summed E-state index contributed by atoms with van der Waals surface area (Å²) in [4.78, 5) is 19.9. The molecule has 0 atom stereocenters. The number of halogens is 1. The van der Waals surface area contributed by atoms with Gasteiger partial charge in [-0.3, -0.25) is 9.69 Å². The molecule has 0 aliphatic carbocycles. The molecule has 0 unspecified atom stereocenters. The molecule has 0 aliphatic heterocycles. The minimum Gasteiger partial charge on any atom is -0.279 e. The molecule has 4 rings (SSSR count). The smallest absolute Gasteiger partial charge is 0.260 e. The number of thiazole rings is 1. The molecule has 0 N–H and O–H groups in total. The zero-order valence-corrected chi connectivity index (χ0v) is 17.2. The van der Waals surface area contributed by atoms with Gasteiger partial charge in [-0.25, -0.2) is 4.98 Å². The van der Waals surface area contributed by atoms with E-state index in [4.69, 9.17) is 16.6 Å². The summed E-state index contributed by atoms with van der Waals surface area (Å²) in [6.07, 6.45) is 0. The molecule has 1 heterocycles. The SMILES string of the molecule is Cc1ccc2sc(N(Cc3ccccc3)C(=O)c3cccc(Cl)c3)nc2c1C. The second kappa shape index (κ2) is 7.74. The maximum atomic E-state index is 13.4. The number of benzene rings is 3. The topological polar surface area (TPSA) is 33.2 Å². The minimum absolute atomic E-state index is 0.111. The molecule has 0 fully saturated rings. The number of rotatable bonds is 4. The molecule has 0 spiro atoms. The van der Waals surface area contributed by atoms with Crippen LogP contribution in [0.5, 0.6) is 0 Å². The van der Waals surface area contributed by atoms with Crippen LogP contribution in [-0.2, 0) is 6.54 Å². The normalized spacial score (nSPS) is 11.0. The summed E-state index contributed by atoms with van der Waals surface area (Å²) in [5.41, 5.74) is 4.90. The van der Waals surface area contributed by atoms with E-state index in [2.05, 4.69) is 26.0 Å². The van der Waals surface area contributed by atoms with Crippen molar-refractivity contribution in [2.24, 2.45) is 0 Å². The average Bonchev–Trinajstić information content (AvgIpc) is 3.14. The van der Waals surface area contributed by atoms with Gasteiger partial charge in [-0.2, -0.15) is 0 Å². The third-order valence-electron chi connectivity index (χ3n) is 4.80. The van der Waals surface area contributed by atoms with Crippen molar-refractivity contribution in [2.45, 2.75) is 20.4 Å². The van der Waals surface area contributed by atoms with Crippen molar-refractivity contribution in [1.29, 1.82) is 0 Å². The fraction of sp³-hybridized carbons (Fsp3) is 0.130. The maximum absolute atomic E-state index is 13.4. The number of aromatic nitrogens is 1. The Balaban J connectivity index is 1.80. The lowest BCUT2D eigenvalue weighted by Crippen LogP contribution is -2.30. The summed E-state index contributed by atoms with van der Waals surface area (Å²) in [7, 11) is 0. The fourth-order valence-corrected chi connectivity index (χ4v) is 4.31. The van der Waals surface area contributed by atoms with Crippen LogP contribution in [0.25, 0.3) is 10.2 Å². The summed E-state index contributed by atoms with van der Waals surface area (Å²) in [5, 5.41) is 1.24. The van der Waals surface area contributed by atoms with Gasteiger partial charge in [-0.1, -0.05) is 65.4 Å². The number of amides is 1. The number of hydrogen-bond donors (Lipinski definition) is 0. The van der Waals surface area contributed by atoms with Crippen LogP contribution in [0.3, 0.4) is 0 Å². The van der Waals surface area contributed by atoms with E-state index in [0.29, 0.717) is 22.3 Å². The number of aryl methyl sites for hydroxylation is 2. The zero-order valence-electron chi connectivity index (χ0n) is 15.6. The zero-order chi connectivity index (χ0) is 19.7. The van der Waals surface area contributed by atoms with E-state index in [0.717, 1.165) is 21.3 Å². The summed E-state index contributed by atoms with van der Waals surface area (Å²) < 4.78 is 1.08. The van der Waals surface area contributed by atoms with Gasteiger partial charge in [0.05, 0.1) is 16.8 Å². The first kappa shape index (κ1) is 18.7. The standard InChI is InChI=1S/C23H19ClN2OS/c1-15-11-12-20-21(16(15)2)25-23(28-20)26(14-17-7-4-3-5-8-17)22(27)18-9-6-10-19(24)13-18/h3-13H,14H2,1-2H3. The molecule has 5 heteroatoms. The maximum Gasteiger partial charge on any atom is 0.260 e. The Labute approximate surface area is 173 Å². The number of hydrogen-bond acceptors (Lipinski definition) is 3. The predicted octanol–water partition coefficient (Wildman–Crippen LogP) is 6.41. The van der Waals surface area contributed by atoms with Crippen molar-refractivity contribution < 1.29 is 4.79 Å². The molecule has 28 heavy (non-hydrogen) atoms. The van der Waals surface area contributed by atoms with Gasteiger partial charge in [-0.15, -0.1) is 0 Å². The highest BCUT2D eigenvalue weighted by Gasteiger charge is 2.22. The van der Waals surface area contributed by atoms with Crippen molar-refractivity contribution >= 4 is 44.2 Å². The van der Waals surface area contributed by atoms with Gasteiger partial charge in [0.25, 0.3) is 5.91 Å². The number of carbonyl (C=O) groups is 1. The van der Waals surface area contributed by atoms with Crippen molar-refractivity contribution in [2.75, 3.05) is 4.90 Å². The molecule has 3 aromatic carbocycles. The van der Waals surface area contributed by atoms with Gasteiger partial charge in [0, 0.05) is 10.6 Å². The molecule has 1 aromatic heterocycles. The van der Waals surface area contributed by atoms with Crippen LogP contribution in [-0.4, -0.2) is 10.9 Å². The van der Waals surface area contributed by atoms with Gasteiger partial charge < -0.3 is 0 Å². The molecule has 0 aliphatic rings. The monoisotopic (exact) mass is 406 g/mol. The molecule has 0 bridgehead atoms. The van der Waals surface area contributed by atoms with Crippen LogP contribution < -0.4 is 4.90 Å². The third-order valence-corrected chi connectivity index (χ3v) is 6.08. The van der Waals surface area contributed by atoms with Crippen molar-refractivity contribution in [3.8, 4) is 0 Å². The highest BCUT2D eigenvalue weighted by atomic mass is 35.5. The van der Waals surface area contributed by atoms with Gasteiger partial charge >= 0.3 is 0 Å². The highest BCUT2D eigenvalue weighted by Crippen LogP contribution is 2.33. The third kappa shape index (κ3) is 3.66. The van der Waals surface area contributed by atoms with Crippen LogP contribution in [0.1, 0.15) is 27.0 Å². The quantitative estimate of drug-likeness (QED) is 0.392. The van der Waals surface area contributed by atoms with Crippen molar-refractivity contribution in [3.05, 3.63) is 94.0 Å². The van der Waals surface area contributed by atoms with E-state index in [-0.39, 0.29) is 5.91 Å². The molecule has 3 nitrogen and oxygen atoms in total. The van der Waals surface area contributed by atoms with Crippen LogP contribution in [0.4, 0.5) is 5.13 Å². The lowest BCUT2D eigenvalue weighted by molar-refractivity contribution is 0.0985. The summed E-state index contributed by atoms with van der Waals surface area (Å²) in [6, 6.07) is 21.2. The van der Waals surface area contributed by atoms with E-state index in [1.54, 1.807) is 29.2 Å². The van der Waals surface area contributed by atoms with Crippen molar-refractivity contribution in [3.63, 3.8) is 0 Å². The van der Waals surface area contributed by atoms with E-state index in [1.165, 1.54) is 16.9 Å². The van der Waals surface area contributed by atoms with Gasteiger partial charge in [0.2, 0.25) is 0 Å². The molecule has 0 radical (unpaired) electrons. The average molecular weight is 407 g/mol. The minimum atomic E-state index is -0.111. The molecule has 4 aromatic rings. The second-order valence-corrected chi connectivity index (χ2v) is 8.18. The Hall–Kier alpha value is -2.69.